The van der Waals surface area contributed by atoms with Crippen molar-refractivity contribution in [1.29, 1.82) is 0 Å². The van der Waals surface area contributed by atoms with Gasteiger partial charge in [0.05, 0.1) is 18.4 Å². The van der Waals surface area contributed by atoms with Crippen LogP contribution in [-0.4, -0.2) is 27.5 Å². The van der Waals surface area contributed by atoms with E-state index in [9.17, 15) is 13.2 Å². The molecule has 0 heterocycles. The summed E-state index contributed by atoms with van der Waals surface area (Å²) >= 11 is 0. The molecular weight excluding hydrogens is 388 g/mol. The lowest BCUT2D eigenvalue weighted by atomic mass is 9.92. The molecule has 2 aromatic carbocycles. The molecule has 1 aliphatic carbocycles. The molecule has 29 heavy (non-hydrogen) atoms. The largest absolute Gasteiger partial charge is 0.495 e. The molecule has 0 bridgehead atoms. The van der Waals surface area contributed by atoms with Gasteiger partial charge < -0.3 is 10.1 Å². The molecular formula is C22H28N2O4S. The van der Waals surface area contributed by atoms with E-state index in [1.165, 1.54) is 7.11 Å². The number of para-hydroxylation sites is 1. The normalized spacial score (nSPS) is 14.6. The quantitative estimate of drug-likeness (QED) is 0.717. The van der Waals surface area contributed by atoms with Gasteiger partial charge in [-0.3, -0.25) is 9.52 Å². The third-order valence-electron chi connectivity index (χ3n) is 5.32. The van der Waals surface area contributed by atoms with Crippen LogP contribution in [0.3, 0.4) is 0 Å². The smallest absolute Gasteiger partial charge is 0.265 e. The molecule has 1 amide bonds. The first-order valence-electron chi connectivity index (χ1n) is 9.98. The average Bonchev–Trinajstić information content (AvgIpc) is 2.72. The van der Waals surface area contributed by atoms with Crippen LogP contribution in [0.1, 0.15) is 54.6 Å². The van der Waals surface area contributed by atoms with Crippen molar-refractivity contribution in [2.24, 2.45) is 0 Å². The van der Waals surface area contributed by atoms with Gasteiger partial charge in [-0.25, -0.2) is 8.42 Å². The fraction of sp³-hybridized carbons (Fsp3) is 0.409. The van der Waals surface area contributed by atoms with Crippen molar-refractivity contribution in [3.63, 3.8) is 0 Å². The van der Waals surface area contributed by atoms with Gasteiger partial charge in [-0.2, -0.15) is 0 Å². The van der Waals surface area contributed by atoms with Crippen molar-refractivity contribution in [3.05, 3.63) is 53.1 Å². The first-order valence-corrected chi connectivity index (χ1v) is 11.5. The monoisotopic (exact) mass is 416 g/mol. The van der Waals surface area contributed by atoms with E-state index in [1.807, 2.05) is 19.9 Å². The van der Waals surface area contributed by atoms with Crippen LogP contribution in [0.2, 0.25) is 0 Å². The molecule has 6 nitrogen and oxygen atoms in total. The van der Waals surface area contributed by atoms with Gasteiger partial charge in [0.25, 0.3) is 15.9 Å². The Morgan fingerprint density at radius 1 is 1.14 bits per heavy atom. The van der Waals surface area contributed by atoms with Crippen molar-refractivity contribution in [2.75, 3.05) is 11.8 Å². The molecule has 7 heteroatoms. The van der Waals surface area contributed by atoms with E-state index < -0.39 is 10.0 Å². The SMILES string of the molecule is CC[C@@H](C)NC(=O)c1ccccc1NS(=O)(=O)c1cc2c(cc1OC)CCCC2. The number of aryl methyl sites for hydroxylation is 2. The predicted molar refractivity (Wildman–Crippen MR) is 114 cm³/mol. The zero-order valence-corrected chi connectivity index (χ0v) is 17.9. The van der Waals surface area contributed by atoms with Crippen molar-refractivity contribution in [2.45, 2.75) is 56.9 Å². The maximum absolute atomic E-state index is 13.2. The highest BCUT2D eigenvalue weighted by Crippen LogP contribution is 2.33. The van der Waals surface area contributed by atoms with E-state index in [0.29, 0.717) is 5.75 Å². The molecule has 2 N–H and O–H groups in total. The lowest BCUT2D eigenvalue weighted by Crippen LogP contribution is -2.32. The number of amides is 1. The van der Waals surface area contributed by atoms with Gasteiger partial charge in [-0.1, -0.05) is 19.1 Å². The van der Waals surface area contributed by atoms with Crippen LogP contribution in [0, 0.1) is 0 Å². The van der Waals surface area contributed by atoms with Crippen LogP contribution in [0.25, 0.3) is 0 Å². The molecule has 1 aliphatic rings. The van der Waals surface area contributed by atoms with E-state index in [2.05, 4.69) is 10.0 Å². The Morgan fingerprint density at radius 3 is 2.45 bits per heavy atom. The average molecular weight is 417 g/mol. The zero-order chi connectivity index (χ0) is 21.0. The number of fused-ring (bicyclic) bond motifs is 1. The Hall–Kier alpha value is -2.54. The van der Waals surface area contributed by atoms with Gasteiger partial charge in [0.15, 0.2) is 0 Å². The van der Waals surface area contributed by atoms with E-state index in [-0.39, 0.29) is 28.1 Å². The van der Waals surface area contributed by atoms with Crippen molar-refractivity contribution < 1.29 is 17.9 Å². The molecule has 0 aliphatic heterocycles. The zero-order valence-electron chi connectivity index (χ0n) is 17.1. The molecule has 0 saturated heterocycles. The van der Waals surface area contributed by atoms with Crippen LogP contribution in [0.4, 0.5) is 5.69 Å². The molecule has 0 unspecified atom stereocenters. The minimum absolute atomic E-state index is 0.00657. The second kappa shape index (κ2) is 8.86. The Labute approximate surface area is 172 Å². The van der Waals surface area contributed by atoms with Gasteiger partial charge in [0, 0.05) is 6.04 Å². The molecule has 0 saturated carbocycles. The van der Waals surface area contributed by atoms with Gasteiger partial charge >= 0.3 is 0 Å². The van der Waals surface area contributed by atoms with Crippen LogP contribution in [0.15, 0.2) is 41.3 Å². The summed E-state index contributed by atoms with van der Waals surface area (Å²) in [4.78, 5) is 12.7. The lowest BCUT2D eigenvalue weighted by Gasteiger charge is -2.20. The van der Waals surface area contributed by atoms with Gasteiger partial charge in [0.2, 0.25) is 0 Å². The van der Waals surface area contributed by atoms with Gasteiger partial charge in [0.1, 0.15) is 10.6 Å². The Kier molecular flexibility index (Phi) is 6.47. The van der Waals surface area contributed by atoms with Gasteiger partial charge in [-0.05, 0) is 74.4 Å². The van der Waals surface area contributed by atoms with Crippen molar-refractivity contribution >= 4 is 21.6 Å². The molecule has 156 valence electrons. The Balaban J connectivity index is 1.96. The number of sulfonamides is 1. The van der Waals surface area contributed by atoms with Crippen LogP contribution >= 0.6 is 0 Å². The van der Waals surface area contributed by atoms with E-state index in [0.717, 1.165) is 43.2 Å². The molecule has 1 atom stereocenters. The lowest BCUT2D eigenvalue weighted by molar-refractivity contribution is 0.0940. The minimum atomic E-state index is -3.93. The minimum Gasteiger partial charge on any atom is -0.495 e. The summed E-state index contributed by atoms with van der Waals surface area (Å²) in [5.74, 6) is 0.00902. The summed E-state index contributed by atoms with van der Waals surface area (Å²) in [6.07, 6.45) is 4.71. The molecule has 0 spiro atoms. The number of anilines is 1. The third kappa shape index (κ3) is 4.72. The molecule has 0 radical (unpaired) electrons. The van der Waals surface area contributed by atoms with E-state index in [4.69, 9.17) is 4.74 Å². The maximum atomic E-state index is 13.2. The predicted octanol–water partition coefficient (Wildman–Crippen LogP) is 3.90. The molecule has 2 aromatic rings. The highest BCUT2D eigenvalue weighted by molar-refractivity contribution is 7.92. The maximum Gasteiger partial charge on any atom is 0.265 e. The topological polar surface area (TPSA) is 84.5 Å². The second-order valence-corrected chi connectivity index (χ2v) is 9.06. The summed E-state index contributed by atoms with van der Waals surface area (Å²) in [7, 11) is -2.47. The summed E-state index contributed by atoms with van der Waals surface area (Å²) in [5.41, 5.74) is 2.71. The summed E-state index contributed by atoms with van der Waals surface area (Å²) < 4.78 is 34.4. The number of rotatable bonds is 7. The first-order chi connectivity index (χ1) is 13.9. The number of carbonyl (C=O) groups excluding carboxylic acids is 1. The second-order valence-electron chi connectivity index (χ2n) is 7.41. The number of carbonyl (C=O) groups is 1. The van der Waals surface area contributed by atoms with Crippen molar-refractivity contribution in [3.8, 4) is 5.75 Å². The summed E-state index contributed by atoms with van der Waals surface area (Å²) in [6, 6.07) is 10.1. The van der Waals surface area contributed by atoms with Crippen LogP contribution in [-0.2, 0) is 22.9 Å². The fourth-order valence-corrected chi connectivity index (χ4v) is 4.77. The summed E-state index contributed by atoms with van der Waals surface area (Å²) in [6.45, 7) is 3.88. The van der Waals surface area contributed by atoms with Crippen molar-refractivity contribution in [1.82, 2.24) is 5.32 Å². The molecule has 0 fully saturated rings. The van der Waals surface area contributed by atoms with Crippen LogP contribution < -0.4 is 14.8 Å². The number of ether oxygens (including phenoxy) is 1. The number of methoxy groups -OCH3 is 1. The highest BCUT2D eigenvalue weighted by atomic mass is 32.2. The Morgan fingerprint density at radius 2 is 1.79 bits per heavy atom. The standard InChI is InChI=1S/C22H28N2O4S/c1-4-15(2)23-22(25)18-11-7-8-12-19(18)24-29(26,27)21-14-17-10-6-5-9-16(17)13-20(21)28-3/h7-8,11-15,24H,4-6,9-10H2,1-3H3,(H,23,25)/t15-/m1/s1. The number of nitrogens with one attached hydrogen (secondary N) is 2. The Bertz CT molecular complexity index is 1000. The highest BCUT2D eigenvalue weighted by Gasteiger charge is 2.25. The van der Waals surface area contributed by atoms with E-state index >= 15 is 0 Å². The summed E-state index contributed by atoms with van der Waals surface area (Å²) in [5, 5.41) is 2.88. The van der Waals surface area contributed by atoms with Crippen LogP contribution in [0.5, 0.6) is 5.75 Å². The number of hydrogen-bond donors (Lipinski definition) is 2. The molecule has 0 aromatic heterocycles. The van der Waals surface area contributed by atoms with Gasteiger partial charge in [-0.15, -0.1) is 0 Å². The molecule has 3 rings (SSSR count). The van der Waals surface area contributed by atoms with E-state index in [1.54, 1.807) is 30.3 Å². The number of benzene rings is 2. The third-order valence-corrected chi connectivity index (χ3v) is 6.71. The fourth-order valence-electron chi connectivity index (χ4n) is 3.48. The number of hydrogen-bond acceptors (Lipinski definition) is 4. The first kappa shape index (κ1) is 21.2.